The fraction of sp³-hybridized carbons (Fsp3) is 0.0952. The van der Waals surface area contributed by atoms with Crippen molar-refractivity contribution >= 4 is 23.5 Å². The first kappa shape index (κ1) is 22.8. The number of benzene rings is 2. The van der Waals surface area contributed by atoms with E-state index in [1.165, 1.54) is 31.7 Å². The molecule has 0 atom stereocenters. The van der Waals surface area contributed by atoms with Gasteiger partial charge in [0, 0.05) is 18.0 Å². The molecular formula is C21H17N5O7. The first-order valence-corrected chi connectivity index (χ1v) is 9.33. The number of carbonyl (C=O) groups is 1. The molecule has 1 amide bonds. The highest BCUT2D eigenvalue weighted by molar-refractivity contribution is 5.94. The van der Waals surface area contributed by atoms with Gasteiger partial charge >= 0.3 is 5.69 Å². The van der Waals surface area contributed by atoms with Crippen molar-refractivity contribution in [3.05, 3.63) is 91.8 Å². The average Bonchev–Trinajstić information content (AvgIpc) is 2.80. The van der Waals surface area contributed by atoms with Crippen LogP contribution in [0.25, 0.3) is 0 Å². The molecule has 3 aromatic rings. The Balaban J connectivity index is 1.77. The van der Waals surface area contributed by atoms with Crippen LogP contribution in [0, 0.1) is 27.2 Å². The van der Waals surface area contributed by atoms with Crippen molar-refractivity contribution in [2.24, 2.45) is 5.10 Å². The summed E-state index contributed by atoms with van der Waals surface area (Å²) in [5.74, 6) is -0.262. The van der Waals surface area contributed by atoms with Crippen LogP contribution in [-0.4, -0.2) is 34.1 Å². The Bertz CT molecular complexity index is 1240. The lowest BCUT2D eigenvalue weighted by molar-refractivity contribution is -0.394. The molecule has 2 aromatic carbocycles. The summed E-state index contributed by atoms with van der Waals surface area (Å²) in [5, 5.41) is 26.1. The molecule has 168 valence electrons. The third-order valence-electron chi connectivity index (χ3n) is 4.31. The molecule has 33 heavy (non-hydrogen) atoms. The lowest BCUT2D eigenvalue weighted by Gasteiger charge is -2.11. The van der Waals surface area contributed by atoms with E-state index in [0.29, 0.717) is 11.1 Å². The van der Waals surface area contributed by atoms with Crippen LogP contribution in [0.1, 0.15) is 21.6 Å². The smallest absolute Gasteiger partial charge is 0.318 e. The van der Waals surface area contributed by atoms with Crippen molar-refractivity contribution < 1.29 is 24.1 Å². The van der Waals surface area contributed by atoms with Crippen LogP contribution in [0.2, 0.25) is 0 Å². The van der Waals surface area contributed by atoms with E-state index >= 15 is 0 Å². The maximum absolute atomic E-state index is 12.1. The van der Waals surface area contributed by atoms with Crippen LogP contribution < -0.4 is 14.9 Å². The van der Waals surface area contributed by atoms with Gasteiger partial charge in [-0.3, -0.25) is 30.0 Å². The van der Waals surface area contributed by atoms with Gasteiger partial charge in [0.25, 0.3) is 11.6 Å². The highest BCUT2D eigenvalue weighted by Crippen LogP contribution is 2.38. The van der Waals surface area contributed by atoms with E-state index in [-0.39, 0.29) is 17.2 Å². The van der Waals surface area contributed by atoms with Gasteiger partial charge in [0.05, 0.1) is 34.8 Å². The van der Waals surface area contributed by atoms with Crippen LogP contribution in [-0.2, 0) is 0 Å². The molecule has 0 aliphatic heterocycles. The Kier molecular flexibility index (Phi) is 6.88. The molecule has 0 spiro atoms. The van der Waals surface area contributed by atoms with Crippen LogP contribution in [0.15, 0.2) is 59.8 Å². The Morgan fingerprint density at radius 3 is 2.42 bits per heavy atom. The molecular weight excluding hydrogens is 434 g/mol. The number of aryl methyl sites for hydroxylation is 1. The van der Waals surface area contributed by atoms with Gasteiger partial charge in [0.2, 0.25) is 5.75 Å². The van der Waals surface area contributed by atoms with Gasteiger partial charge < -0.3 is 9.47 Å². The van der Waals surface area contributed by atoms with Crippen molar-refractivity contribution in [1.82, 2.24) is 10.4 Å². The number of carbonyl (C=O) groups excluding carboxylic acids is 1. The molecule has 3 rings (SSSR count). The number of aromatic nitrogens is 1. The Hall–Kier alpha value is -4.87. The quantitative estimate of drug-likeness (QED) is 0.308. The van der Waals surface area contributed by atoms with Crippen molar-refractivity contribution in [1.29, 1.82) is 0 Å². The molecule has 0 fully saturated rings. The Morgan fingerprint density at radius 2 is 1.79 bits per heavy atom. The van der Waals surface area contributed by atoms with Crippen LogP contribution in [0.3, 0.4) is 0 Å². The van der Waals surface area contributed by atoms with Gasteiger partial charge in [-0.15, -0.1) is 0 Å². The number of amides is 1. The second kappa shape index (κ2) is 9.96. The van der Waals surface area contributed by atoms with Crippen molar-refractivity contribution in [2.45, 2.75) is 6.92 Å². The minimum absolute atomic E-state index is 0.140. The van der Waals surface area contributed by atoms with Gasteiger partial charge in [0.15, 0.2) is 11.5 Å². The Morgan fingerprint density at radius 1 is 1.03 bits per heavy atom. The number of nitrogens with zero attached hydrogens (tertiary/aromatic N) is 4. The standard InChI is InChI=1S/C21H17N5O7/c1-13-3-5-15(12-22-13)21(27)24-23-11-14-4-7-19(20(9-14)32-2)33-18-8-6-16(25(28)29)10-17(18)26(30)31/h3-12H,1-2H3,(H,24,27). The fourth-order valence-corrected chi connectivity index (χ4v) is 2.65. The molecule has 12 nitrogen and oxygen atoms in total. The maximum atomic E-state index is 12.1. The zero-order chi connectivity index (χ0) is 24.0. The van der Waals surface area contributed by atoms with E-state index in [0.717, 1.165) is 23.9 Å². The lowest BCUT2D eigenvalue weighted by atomic mass is 10.2. The predicted octanol–water partition coefficient (Wildman–Crippen LogP) is 3.77. The topological polar surface area (TPSA) is 159 Å². The van der Waals surface area contributed by atoms with Crippen molar-refractivity contribution in [2.75, 3.05) is 7.11 Å². The predicted molar refractivity (Wildman–Crippen MR) is 117 cm³/mol. The average molecular weight is 451 g/mol. The molecule has 12 heteroatoms. The number of non-ortho nitro benzene ring substituents is 1. The first-order valence-electron chi connectivity index (χ1n) is 9.33. The number of methoxy groups -OCH3 is 1. The van der Waals surface area contributed by atoms with E-state index in [9.17, 15) is 25.0 Å². The van der Waals surface area contributed by atoms with Crippen molar-refractivity contribution in [3.8, 4) is 17.2 Å². The van der Waals surface area contributed by atoms with Gasteiger partial charge in [-0.05, 0) is 48.9 Å². The van der Waals surface area contributed by atoms with Gasteiger partial charge in [0.1, 0.15) is 0 Å². The normalized spacial score (nSPS) is 10.6. The summed E-state index contributed by atoms with van der Waals surface area (Å²) in [6.45, 7) is 1.81. The van der Waals surface area contributed by atoms with E-state index in [2.05, 4.69) is 15.5 Å². The highest BCUT2D eigenvalue weighted by Gasteiger charge is 2.22. The number of nitro groups is 2. The van der Waals surface area contributed by atoms with Gasteiger partial charge in [-0.2, -0.15) is 5.10 Å². The molecule has 1 heterocycles. The summed E-state index contributed by atoms with van der Waals surface area (Å²) in [4.78, 5) is 36.8. The number of pyridine rings is 1. The summed E-state index contributed by atoms with van der Waals surface area (Å²) < 4.78 is 10.9. The van der Waals surface area contributed by atoms with Gasteiger partial charge in [-0.1, -0.05) is 0 Å². The molecule has 0 bridgehead atoms. The zero-order valence-corrected chi connectivity index (χ0v) is 17.4. The number of nitro benzene ring substituents is 2. The van der Waals surface area contributed by atoms with Gasteiger partial charge in [-0.25, -0.2) is 5.43 Å². The summed E-state index contributed by atoms with van der Waals surface area (Å²) in [5.41, 5.74) is 3.06. The third kappa shape index (κ3) is 5.64. The number of hydrogen-bond donors (Lipinski definition) is 1. The number of rotatable bonds is 8. The fourth-order valence-electron chi connectivity index (χ4n) is 2.65. The molecule has 0 aliphatic carbocycles. The van der Waals surface area contributed by atoms with E-state index < -0.39 is 27.1 Å². The zero-order valence-electron chi connectivity index (χ0n) is 17.4. The van der Waals surface area contributed by atoms with E-state index in [1.54, 1.807) is 25.1 Å². The number of nitrogens with one attached hydrogen (secondary N) is 1. The molecule has 0 unspecified atom stereocenters. The lowest BCUT2D eigenvalue weighted by Crippen LogP contribution is -2.17. The summed E-state index contributed by atoms with van der Waals surface area (Å²) in [6, 6.07) is 11.0. The van der Waals surface area contributed by atoms with E-state index in [1.807, 2.05) is 0 Å². The van der Waals surface area contributed by atoms with E-state index in [4.69, 9.17) is 9.47 Å². The SMILES string of the molecule is COc1cc(C=NNC(=O)c2ccc(C)nc2)ccc1Oc1ccc([N+](=O)[O-])cc1[N+](=O)[O-]. The molecule has 0 saturated carbocycles. The minimum Gasteiger partial charge on any atom is -0.493 e. The summed E-state index contributed by atoms with van der Waals surface area (Å²) >= 11 is 0. The molecule has 0 aliphatic rings. The minimum atomic E-state index is -0.776. The van der Waals surface area contributed by atoms with Crippen LogP contribution in [0.4, 0.5) is 11.4 Å². The second-order valence-corrected chi connectivity index (χ2v) is 6.57. The van der Waals surface area contributed by atoms with Crippen LogP contribution >= 0.6 is 0 Å². The Labute approximate surface area is 186 Å². The van der Waals surface area contributed by atoms with Crippen molar-refractivity contribution in [3.63, 3.8) is 0 Å². The van der Waals surface area contributed by atoms with Crippen LogP contribution in [0.5, 0.6) is 17.2 Å². The number of ether oxygens (including phenoxy) is 2. The highest BCUT2D eigenvalue weighted by atomic mass is 16.6. The number of hydrogen-bond acceptors (Lipinski definition) is 9. The molecule has 1 aromatic heterocycles. The maximum Gasteiger partial charge on any atom is 0.318 e. The molecule has 0 radical (unpaired) electrons. The largest absolute Gasteiger partial charge is 0.493 e. The second-order valence-electron chi connectivity index (χ2n) is 6.57. The summed E-state index contributed by atoms with van der Waals surface area (Å²) in [7, 11) is 1.37. The monoisotopic (exact) mass is 451 g/mol. The molecule has 1 N–H and O–H groups in total. The number of hydrazone groups is 1. The molecule has 0 saturated heterocycles. The first-order chi connectivity index (χ1) is 15.8. The third-order valence-corrected chi connectivity index (χ3v) is 4.31. The summed E-state index contributed by atoms with van der Waals surface area (Å²) in [6.07, 6.45) is 2.81.